The summed E-state index contributed by atoms with van der Waals surface area (Å²) in [5.41, 5.74) is 2.16. The molecule has 0 spiro atoms. The molecule has 0 bridgehead atoms. The van der Waals surface area contributed by atoms with Gasteiger partial charge in [0.2, 0.25) is 0 Å². The van der Waals surface area contributed by atoms with Gasteiger partial charge in [-0.25, -0.2) is 0 Å². The Morgan fingerprint density at radius 1 is 1.12 bits per heavy atom. The molecule has 17 heavy (non-hydrogen) atoms. The molecule has 0 aliphatic rings. The molecule has 0 saturated heterocycles. The second kappa shape index (κ2) is 6.03. The summed E-state index contributed by atoms with van der Waals surface area (Å²) >= 11 is 9.22. The minimum Gasteiger partial charge on any atom is -0.488 e. The lowest BCUT2D eigenvalue weighted by molar-refractivity contribution is 0.304. The van der Waals surface area contributed by atoms with Gasteiger partial charge in [-0.3, -0.25) is 4.98 Å². The van der Waals surface area contributed by atoms with Crippen LogP contribution in [0.1, 0.15) is 11.1 Å². The number of ether oxygens (including phenoxy) is 1. The third-order valence-corrected chi connectivity index (χ3v) is 3.22. The summed E-state index contributed by atoms with van der Waals surface area (Å²) in [6, 6.07) is 9.71. The summed E-state index contributed by atoms with van der Waals surface area (Å²) in [4.78, 5) is 3.96. The summed E-state index contributed by atoms with van der Waals surface area (Å²) < 4.78 is 6.63. The van der Waals surface area contributed by atoms with Gasteiger partial charge in [0.15, 0.2) is 0 Å². The van der Waals surface area contributed by atoms with Gasteiger partial charge in [0, 0.05) is 18.3 Å². The molecule has 0 radical (unpaired) electrons. The Hall–Kier alpha value is -1.06. The molecule has 0 aliphatic heterocycles. The fourth-order valence-electron chi connectivity index (χ4n) is 1.38. The molecule has 4 heteroatoms. The normalized spacial score (nSPS) is 10.2. The maximum atomic E-state index is 5.76. The maximum Gasteiger partial charge on any atom is 0.134 e. The second-order valence-corrected chi connectivity index (χ2v) is 4.66. The van der Waals surface area contributed by atoms with Gasteiger partial charge in [0.25, 0.3) is 0 Å². The summed E-state index contributed by atoms with van der Waals surface area (Å²) in [5, 5.41) is 0. The van der Waals surface area contributed by atoms with Gasteiger partial charge in [-0.2, -0.15) is 0 Å². The number of hydrogen-bond acceptors (Lipinski definition) is 2. The summed E-state index contributed by atoms with van der Waals surface area (Å²) in [6.07, 6.45) is 3.51. The Labute approximate surface area is 114 Å². The van der Waals surface area contributed by atoms with Crippen LogP contribution in [0.5, 0.6) is 5.75 Å². The quantitative estimate of drug-likeness (QED) is 0.791. The van der Waals surface area contributed by atoms with Gasteiger partial charge in [-0.05, 0) is 51.3 Å². The molecule has 0 aliphatic carbocycles. The zero-order valence-corrected chi connectivity index (χ0v) is 11.4. The third kappa shape index (κ3) is 3.45. The second-order valence-electron chi connectivity index (χ2n) is 3.54. The summed E-state index contributed by atoms with van der Waals surface area (Å²) in [7, 11) is 0. The average molecular weight is 313 g/mol. The van der Waals surface area contributed by atoms with E-state index in [2.05, 4.69) is 20.9 Å². The van der Waals surface area contributed by atoms with Crippen LogP contribution in [0, 0.1) is 0 Å². The van der Waals surface area contributed by atoms with Crippen molar-refractivity contribution in [1.82, 2.24) is 4.98 Å². The predicted molar refractivity (Wildman–Crippen MR) is 72.3 cm³/mol. The van der Waals surface area contributed by atoms with Crippen molar-refractivity contribution in [2.45, 2.75) is 12.5 Å². The number of hydrogen-bond donors (Lipinski definition) is 0. The standard InChI is InChI=1S/C13H11BrClNO/c14-12-7-11(8-15)1-2-13(12)17-9-10-3-5-16-6-4-10/h1-7H,8-9H2. The van der Waals surface area contributed by atoms with Crippen LogP contribution in [0.25, 0.3) is 0 Å². The number of alkyl halides is 1. The van der Waals surface area contributed by atoms with Crippen LogP contribution in [-0.4, -0.2) is 4.98 Å². The Balaban J connectivity index is 2.04. The molecule has 0 saturated carbocycles. The monoisotopic (exact) mass is 311 g/mol. The minimum atomic E-state index is 0.503. The molecule has 0 unspecified atom stereocenters. The Bertz CT molecular complexity index is 490. The highest BCUT2D eigenvalue weighted by Gasteiger charge is 2.02. The van der Waals surface area contributed by atoms with Gasteiger partial charge < -0.3 is 4.74 Å². The van der Waals surface area contributed by atoms with Gasteiger partial charge in [-0.1, -0.05) is 6.07 Å². The molecule has 1 aromatic carbocycles. The highest BCUT2D eigenvalue weighted by atomic mass is 79.9. The third-order valence-electron chi connectivity index (χ3n) is 2.29. The Morgan fingerprint density at radius 3 is 2.53 bits per heavy atom. The Kier molecular flexibility index (Phi) is 4.40. The lowest BCUT2D eigenvalue weighted by Crippen LogP contribution is -1.96. The fraction of sp³-hybridized carbons (Fsp3) is 0.154. The lowest BCUT2D eigenvalue weighted by Gasteiger charge is -2.09. The van der Waals surface area contributed by atoms with Crippen molar-refractivity contribution in [3.05, 3.63) is 58.3 Å². The summed E-state index contributed by atoms with van der Waals surface area (Å²) in [5.74, 6) is 1.32. The van der Waals surface area contributed by atoms with E-state index in [1.54, 1.807) is 12.4 Å². The van der Waals surface area contributed by atoms with Crippen LogP contribution < -0.4 is 4.74 Å². The number of rotatable bonds is 4. The zero-order chi connectivity index (χ0) is 12.1. The molecule has 88 valence electrons. The van der Waals surface area contributed by atoms with Crippen LogP contribution in [0.15, 0.2) is 47.2 Å². The molecule has 1 heterocycles. The van der Waals surface area contributed by atoms with E-state index in [1.807, 2.05) is 30.3 Å². The molecule has 0 fully saturated rings. The van der Waals surface area contributed by atoms with E-state index in [1.165, 1.54) is 0 Å². The van der Waals surface area contributed by atoms with Crippen LogP contribution in [0.4, 0.5) is 0 Å². The highest BCUT2D eigenvalue weighted by Crippen LogP contribution is 2.27. The molecular formula is C13H11BrClNO. The minimum absolute atomic E-state index is 0.503. The van der Waals surface area contributed by atoms with Crippen molar-refractivity contribution < 1.29 is 4.74 Å². The molecule has 2 nitrogen and oxygen atoms in total. The largest absolute Gasteiger partial charge is 0.488 e. The number of aromatic nitrogens is 1. The smallest absolute Gasteiger partial charge is 0.134 e. The topological polar surface area (TPSA) is 22.1 Å². The maximum absolute atomic E-state index is 5.76. The van der Waals surface area contributed by atoms with E-state index in [0.717, 1.165) is 21.3 Å². The lowest BCUT2D eigenvalue weighted by atomic mass is 10.2. The first-order valence-electron chi connectivity index (χ1n) is 5.15. The van der Waals surface area contributed by atoms with Crippen LogP contribution in [0.2, 0.25) is 0 Å². The van der Waals surface area contributed by atoms with Crippen molar-refractivity contribution in [2.75, 3.05) is 0 Å². The first kappa shape index (κ1) is 12.4. The molecule has 2 rings (SSSR count). The molecular weight excluding hydrogens is 302 g/mol. The molecule has 0 N–H and O–H groups in total. The zero-order valence-electron chi connectivity index (χ0n) is 9.07. The predicted octanol–water partition coefficient (Wildman–Crippen LogP) is 4.16. The number of benzene rings is 1. The molecule has 0 atom stereocenters. The van der Waals surface area contributed by atoms with Gasteiger partial charge in [0.1, 0.15) is 12.4 Å². The van der Waals surface area contributed by atoms with Crippen LogP contribution in [-0.2, 0) is 12.5 Å². The summed E-state index contributed by atoms with van der Waals surface area (Å²) in [6.45, 7) is 0.529. The highest BCUT2D eigenvalue weighted by molar-refractivity contribution is 9.10. The van der Waals surface area contributed by atoms with Gasteiger partial charge in [0.05, 0.1) is 4.47 Å². The van der Waals surface area contributed by atoms with Crippen LogP contribution in [0.3, 0.4) is 0 Å². The van der Waals surface area contributed by atoms with Crippen LogP contribution >= 0.6 is 27.5 Å². The van der Waals surface area contributed by atoms with E-state index >= 15 is 0 Å². The molecule has 2 aromatic rings. The van der Waals surface area contributed by atoms with Crippen molar-refractivity contribution >= 4 is 27.5 Å². The van der Waals surface area contributed by atoms with Crippen molar-refractivity contribution in [2.24, 2.45) is 0 Å². The van der Waals surface area contributed by atoms with E-state index in [0.29, 0.717) is 12.5 Å². The number of nitrogens with zero attached hydrogens (tertiary/aromatic N) is 1. The number of halogens is 2. The molecule has 0 amide bonds. The van der Waals surface area contributed by atoms with Crippen molar-refractivity contribution in [3.8, 4) is 5.75 Å². The van der Waals surface area contributed by atoms with E-state index in [9.17, 15) is 0 Å². The van der Waals surface area contributed by atoms with E-state index in [-0.39, 0.29) is 0 Å². The molecule has 1 aromatic heterocycles. The van der Waals surface area contributed by atoms with Gasteiger partial charge in [-0.15, -0.1) is 11.6 Å². The van der Waals surface area contributed by atoms with Crippen molar-refractivity contribution in [1.29, 1.82) is 0 Å². The van der Waals surface area contributed by atoms with E-state index < -0.39 is 0 Å². The van der Waals surface area contributed by atoms with E-state index in [4.69, 9.17) is 16.3 Å². The first-order valence-corrected chi connectivity index (χ1v) is 6.48. The van der Waals surface area contributed by atoms with Gasteiger partial charge >= 0.3 is 0 Å². The van der Waals surface area contributed by atoms with Crippen molar-refractivity contribution in [3.63, 3.8) is 0 Å². The first-order chi connectivity index (χ1) is 8.29. The fourth-order valence-corrected chi connectivity index (χ4v) is 2.09. The number of pyridine rings is 1. The Morgan fingerprint density at radius 2 is 1.88 bits per heavy atom. The SMILES string of the molecule is ClCc1ccc(OCc2ccncc2)c(Br)c1. The average Bonchev–Trinajstić information content (AvgIpc) is 2.38.